The van der Waals surface area contributed by atoms with E-state index in [1.807, 2.05) is 31.2 Å². The maximum absolute atomic E-state index is 11.8. The molecule has 2 rings (SSSR count). The summed E-state index contributed by atoms with van der Waals surface area (Å²) in [5.74, 6) is 0.813. The van der Waals surface area contributed by atoms with Gasteiger partial charge in [0.2, 0.25) is 0 Å². The first-order chi connectivity index (χ1) is 12.1. The number of amides is 1. The van der Waals surface area contributed by atoms with Gasteiger partial charge in [-0.2, -0.15) is 0 Å². The quantitative estimate of drug-likeness (QED) is 0.322. The van der Waals surface area contributed by atoms with Gasteiger partial charge in [-0.15, -0.1) is 24.0 Å². The summed E-state index contributed by atoms with van der Waals surface area (Å²) in [4.78, 5) is 16.1. The van der Waals surface area contributed by atoms with Crippen LogP contribution in [0.3, 0.4) is 0 Å². The monoisotopic (exact) mass is 472 g/mol. The van der Waals surface area contributed by atoms with E-state index in [4.69, 9.17) is 0 Å². The number of rotatable bonds is 7. The molecule has 0 saturated heterocycles. The zero-order chi connectivity index (χ0) is 18.1. The van der Waals surface area contributed by atoms with E-state index >= 15 is 0 Å². The molecular weight excluding hydrogens is 439 g/mol. The highest BCUT2D eigenvalue weighted by atomic mass is 127. The summed E-state index contributed by atoms with van der Waals surface area (Å²) in [6.45, 7) is 6.53. The fraction of sp³-hybridized carbons (Fsp3) is 0.600. The second-order valence-electron chi connectivity index (χ2n) is 6.90. The maximum atomic E-state index is 11.8. The molecule has 1 amide bonds. The van der Waals surface area contributed by atoms with E-state index in [1.165, 1.54) is 32.1 Å². The second kappa shape index (κ2) is 11.4. The Hall–Kier alpha value is -1.31. The van der Waals surface area contributed by atoms with Crippen LogP contribution in [0.25, 0.3) is 0 Å². The lowest BCUT2D eigenvalue weighted by Crippen LogP contribution is -2.42. The minimum atomic E-state index is -0.0269. The first kappa shape index (κ1) is 22.7. The lowest BCUT2D eigenvalue weighted by atomic mass is 9.83. The van der Waals surface area contributed by atoms with Crippen molar-refractivity contribution in [3.05, 3.63) is 35.4 Å². The molecule has 0 heterocycles. The van der Waals surface area contributed by atoms with Crippen LogP contribution in [0.1, 0.15) is 61.9 Å². The fourth-order valence-corrected chi connectivity index (χ4v) is 3.49. The number of benzene rings is 1. The molecule has 5 nitrogen and oxygen atoms in total. The van der Waals surface area contributed by atoms with Crippen molar-refractivity contribution in [3.63, 3.8) is 0 Å². The van der Waals surface area contributed by atoms with E-state index in [1.54, 1.807) is 7.05 Å². The largest absolute Gasteiger partial charge is 0.356 e. The molecule has 1 fully saturated rings. The van der Waals surface area contributed by atoms with Crippen LogP contribution < -0.4 is 16.0 Å². The molecule has 3 N–H and O–H groups in total. The highest BCUT2D eigenvalue weighted by Gasteiger charge is 2.31. The topological polar surface area (TPSA) is 65.5 Å². The lowest BCUT2D eigenvalue weighted by Gasteiger charge is -2.28. The summed E-state index contributed by atoms with van der Waals surface area (Å²) in [5, 5.41) is 9.67. The van der Waals surface area contributed by atoms with Crippen LogP contribution in [-0.4, -0.2) is 32.0 Å². The van der Waals surface area contributed by atoms with E-state index in [0.717, 1.165) is 18.1 Å². The Morgan fingerprint density at radius 3 is 2.27 bits per heavy atom. The molecule has 1 aromatic rings. The molecular formula is C20H33IN4O. The molecule has 1 saturated carbocycles. The molecule has 0 aromatic heterocycles. The zero-order valence-electron chi connectivity index (χ0n) is 16.2. The van der Waals surface area contributed by atoms with E-state index < -0.39 is 0 Å². The first-order valence-electron chi connectivity index (χ1n) is 9.44. The molecule has 0 atom stereocenters. The Bertz CT molecular complexity index is 580. The summed E-state index contributed by atoms with van der Waals surface area (Å²) in [7, 11) is 1.81. The molecule has 26 heavy (non-hydrogen) atoms. The van der Waals surface area contributed by atoms with Crippen LogP contribution in [0.2, 0.25) is 0 Å². The van der Waals surface area contributed by atoms with Gasteiger partial charge in [-0.3, -0.25) is 9.79 Å². The lowest BCUT2D eigenvalue weighted by molar-refractivity contribution is 0.0956. The van der Waals surface area contributed by atoms with E-state index in [0.29, 0.717) is 24.1 Å². The first-order valence-corrected chi connectivity index (χ1v) is 9.44. The summed E-state index contributed by atoms with van der Waals surface area (Å²) in [5.41, 5.74) is 2.26. The van der Waals surface area contributed by atoms with Crippen molar-refractivity contribution >= 4 is 35.8 Å². The Balaban J connectivity index is 0.00000338. The standard InChI is InChI=1S/C20H32N4O.HI/c1-4-20(12-6-7-13-20)15-24-19(21-3)23-14-16-8-10-17(11-9-16)18(25)22-5-2;/h8-11H,4-7,12-15H2,1-3H3,(H,22,25)(H2,21,23,24);1H. The predicted molar refractivity (Wildman–Crippen MR) is 119 cm³/mol. The summed E-state index contributed by atoms with van der Waals surface area (Å²) < 4.78 is 0. The average molecular weight is 472 g/mol. The van der Waals surface area contributed by atoms with Crippen LogP contribution in [0.4, 0.5) is 0 Å². The molecule has 1 aliphatic rings. The van der Waals surface area contributed by atoms with Gasteiger partial charge >= 0.3 is 0 Å². The number of nitrogens with zero attached hydrogens (tertiary/aromatic N) is 1. The van der Waals surface area contributed by atoms with Gasteiger partial charge in [0.05, 0.1) is 0 Å². The van der Waals surface area contributed by atoms with Gasteiger partial charge in [0.25, 0.3) is 5.91 Å². The number of aliphatic imine (C=N–C) groups is 1. The van der Waals surface area contributed by atoms with Crippen molar-refractivity contribution in [2.75, 3.05) is 20.1 Å². The Labute approximate surface area is 174 Å². The Kier molecular flexibility index (Phi) is 9.98. The Morgan fingerprint density at radius 2 is 1.73 bits per heavy atom. The van der Waals surface area contributed by atoms with Crippen LogP contribution in [0.15, 0.2) is 29.3 Å². The molecule has 0 spiro atoms. The SMILES string of the molecule is CCNC(=O)c1ccc(CNC(=NC)NCC2(CC)CCCC2)cc1.I. The molecule has 6 heteroatoms. The second-order valence-corrected chi connectivity index (χ2v) is 6.90. The predicted octanol–water partition coefficient (Wildman–Crippen LogP) is 3.69. The van der Waals surface area contributed by atoms with Crippen molar-refractivity contribution in [1.82, 2.24) is 16.0 Å². The number of carbonyl (C=O) groups is 1. The van der Waals surface area contributed by atoms with Crippen LogP contribution in [0.5, 0.6) is 0 Å². The minimum Gasteiger partial charge on any atom is -0.356 e. The number of hydrogen-bond donors (Lipinski definition) is 3. The van der Waals surface area contributed by atoms with Crippen molar-refractivity contribution in [3.8, 4) is 0 Å². The van der Waals surface area contributed by atoms with E-state index in [-0.39, 0.29) is 29.9 Å². The zero-order valence-corrected chi connectivity index (χ0v) is 18.6. The van der Waals surface area contributed by atoms with Gasteiger partial charge in [0, 0.05) is 32.2 Å². The minimum absolute atomic E-state index is 0. The smallest absolute Gasteiger partial charge is 0.251 e. The molecule has 146 valence electrons. The van der Waals surface area contributed by atoms with Crippen LogP contribution >= 0.6 is 24.0 Å². The van der Waals surface area contributed by atoms with E-state index in [2.05, 4.69) is 27.9 Å². The average Bonchev–Trinajstić information content (AvgIpc) is 3.12. The fourth-order valence-electron chi connectivity index (χ4n) is 3.49. The normalized spacial score (nSPS) is 15.9. The number of halogens is 1. The van der Waals surface area contributed by atoms with Crippen LogP contribution in [-0.2, 0) is 6.54 Å². The maximum Gasteiger partial charge on any atom is 0.251 e. The van der Waals surface area contributed by atoms with Gasteiger partial charge in [-0.1, -0.05) is 31.9 Å². The van der Waals surface area contributed by atoms with Crippen molar-refractivity contribution in [1.29, 1.82) is 0 Å². The third-order valence-electron chi connectivity index (χ3n) is 5.28. The summed E-state index contributed by atoms with van der Waals surface area (Å²) >= 11 is 0. The van der Waals surface area contributed by atoms with Crippen molar-refractivity contribution < 1.29 is 4.79 Å². The number of guanidine groups is 1. The molecule has 0 unspecified atom stereocenters. The van der Waals surface area contributed by atoms with Gasteiger partial charge < -0.3 is 16.0 Å². The Morgan fingerprint density at radius 1 is 1.08 bits per heavy atom. The van der Waals surface area contributed by atoms with Crippen LogP contribution in [0, 0.1) is 5.41 Å². The molecule has 0 aliphatic heterocycles. The van der Waals surface area contributed by atoms with E-state index in [9.17, 15) is 4.79 Å². The number of nitrogens with one attached hydrogen (secondary N) is 3. The molecule has 1 aliphatic carbocycles. The summed E-state index contributed by atoms with van der Waals surface area (Å²) in [6.07, 6.45) is 6.54. The van der Waals surface area contributed by atoms with Gasteiger partial charge in [-0.25, -0.2) is 0 Å². The molecule has 0 radical (unpaired) electrons. The van der Waals surface area contributed by atoms with Crippen molar-refractivity contribution in [2.45, 2.75) is 52.5 Å². The third-order valence-corrected chi connectivity index (χ3v) is 5.28. The highest BCUT2D eigenvalue weighted by molar-refractivity contribution is 14.0. The van der Waals surface area contributed by atoms with Gasteiger partial charge in [0.1, 0.15) is 0 Å². The van der Waals surface area contributed by atoms with Gasteiger partial charge in [0.15, 0.2) is 5.96 Å². The molecule has 0 bridgehead atoms. The van der Waals surface area contributed by atoms with Crippen molar-refractivity contribution in [2.24, 2.45) is 10.4 Å². The summed E-state index contributed by atoms with van der Waals surface area (Å²) in [6, 6.07) is 7.69. The highest BCUT2D eigenvalue weighted by Crippen LogP contribution is 2.40. The number of hydrogen-bond acceptors (Lipinski definition) is 2. The number of carbonyl (C=O) groups excluding carboxylic acids is 1. The van der Waals surface area contributed by atoms with Gasteiger partial charge in [-0.05, 0) is 49.3 Å². The third kappa shape index (κ3) is 6.45. The molecule has 1 aromatic carbocycles.